The number of hydrogen-bond donors (Lipinski definition) is 6. The van der Waals surface area contributed by atoms with E-state index < -0.39 is 0 Å². The van der Waals surface area contributed by atoms with Crippen molar-refractivity contribution in [3.8, 4) is 34.5 Å². The van der Waals surface area contributed by atoms with Crippen LogP contribution in [0.4, 0.5) is 0 Å². The molecule has 6 rings (SSSR count). The van der Waals surface area contributed by atoms with Gasteiger partial charge in [-0.15, -0.1) is 0 Å². The molecule has 0 unspecified atom stereocenters. The number of phenolic OH excluding ortho intramolecular Hbond substituents is 6. The first-order chi connectivity index (χ1) is 24.4. The molecule has 0 atom stereocenters. The van der Waals surface area contributed by atoms with Crippen LogP contribution in [-0.2, 0) is 32.1 Å². The molecule has 0 radical (unpaired) electrons. The first-order valence-electron chi connectivity index (χ1n) is 17.2. The van der Waals surface area contributed by atoms with E-state index >= 15 is 0 Å². The van der Waals surface area contributed by atoms with Gasteiger partial charge in [-0.3, -0.25) is 0 Å². The van der Waals surface area contributed by atoms with Crippen molar-refractivity contribution in [1.29, 1.82) is 0 Å². The summed E-state index contributed by atoms with van der Waals surface area (Å²) >= 11 is 0. The van der Waals surface area contributed by atoms with Crippen LogP contribution < -0.4 is 0 Å². The van der Waals surface area contributed by atoms with Crippen LogP contribution >= 0.6 is 0 Å². The highest BCUT2D eigenvalue weighted by atomic mass is 16.3. The van der Waals surface area contributed by atoms with Crippen molar-refractivity contribution in [3.05, 3.63) is 175 Å². The predicted molar refractivity (Wildman–Crippen MR) is 202 cm³/mol. The van der Waals surface area contributed by atoms with Gasteiger partial charge in [0, 0.05) is 43.2 Å². The molecule has 0 heterocycles. The Morgan fingerprint density at radius 1 is 0.373 bits per heavy atom. The van der Waals surface area contributed by atoms with Gasteiger partial charge in [0.15, 0.2) is 0 Å². The van der Waals surface area contributed by atoms with Crippen LogP contribution in [-0.4, -0.2) is 30.6 Å². The number of aryl methyl sites for hydroxylation is 4. The molecule has 0 saturated carbocycles. The quantitative estimate of drug-likeness (QED) is 0.0859. The number of aromatic hydroxyl groups is 6. The summed E-state index contributed by atoms with van der Waals surface area (Å²) in [5.74, 6) is 0.919. The molecule has 0 saturated heterocycles. The first-order valence-corrected chi connectivity index (χ1v) is 17.2. The molecule has 51 heavy (non-hydrogen) atoms. The maximum Gasteiger partial charge on any atom is 0.122 e. The van der Waals surface area contributed by atoms with E-state index in [2.05, 4.69) is 0 Å². The molecule has 0 spiro atoms. The van der Waals surface area contributed by atoms with E-state index in [1.165, 1.54) is 0 Å². The topological polar surface area (TPSA) is 121 Å². The van der Waals surface area contributed by atoms with E-state index in [-0.39, 0.29) is 34.5 Å². The second-order valence-electron chi connectivity index (χ2n) is 13.8. The Hall–Kier alpha value is -5.88. The molecule has 0 fully saturated rings. The van der Waals surface area contributed by atoms with Crippen LogP contribution in [0.2, 0.25) is 0 Å². The van der Waals surface area contributed by atoms with Gasteiger partial charge in [-0.1, -0.05) is 78.4 Å². The third-order valence-electron chi connectivity index (χ3n) is 9.79. The molecule has 0 aliphatic rings. The molecule has 0 aromatic heterocycles. The molecule has 6 N–H and O–H groups in total. The Morgan fingerprint density at radius 3 is 1.55 bits per heavy atom. The maximum atomic E-state index is 11.6. The minimum absolute atomic E-state index is 0.0913. The monoisotopic (exact) mass is 680 g/mol. The molecule has 0 amide bonds. The van der Waals surface area contributed by atoms with Gasteiger partial charge in [0.2, 0.25) is 0 Å². The zero-order chi connectivity index (χ0) is 36.4. The number of para-hydroxylation sites is 1. The Balaban J connectivity index is 1.26. The van der Waals surface area contributed by atoms with Gasteiger partial charge >= 0.3 is 0 Å². The van der Waals surface area contributed by atoms with Crippen molar-refractivity contribution < 1.29 is 30.6 Å². The largest absolute Gasteiger partial charge is 0.508 e. The molecule has 6 aromatic rings. The van der Waals surface area contributed by atoms with E-state index in [1.54, 1.807) is 30.3 Å². The number of phenols is 6. The number of hydrogen-bond acceptors (Lipinski definition) is 6. The minimum Gasteiger partial charge on any atom is -0.508 e. The summed E-state index contributed by atoms with van der Waals surface area (Å²) in [6.45, 7) is 7.76. The molecule has 260 valence electrons. The highest BCUT2D eigenvalue weighted by Gasteiger charge is 2.18. The van der Waals surface area contributed by atoms with E-state index in [1.807, 2.05) is 94.4 Å². The average Bonchev–Trinajstić information content (AvgIpc) is 3.08. The Labute approximate surface area is 299 Å². The van der Waals surface area contributed by atoms with Crippen molar-refractivity contribution in [2.24, 2.45) is 0 Å². The Morgan fingerprint density at radius 2 is 0.902 bits per heavy atom. The molecular weight excluding hydrogens is 636 g/mol. The molecule has 0 aliphatic heterocycles. The van der Waals surface area contributed by atoms with Gasteiger partial charge in [0.05, 0.1) is 0 Å². The minimum atomic E-state index is 0.0913. The van der Waals surface area contributed by atoms with Crippen molar-refractivity contribution in [2.75, 3.05) is 0 Å². The second-order valence-corrected chi connectivity index (χ2v) is 13.8. The van der Waals surface area contributed by atoms with Crippen LogP contribution in [0.15, 0.2) is 97.1 Å². The molecule has 6 heteroatoms. The summed E-state index contributed by atoms with van der Waals surface area (Å²) in [6, 6.07) is 29.5. The van der Waals surface area contributed by atoms with E-state index in [4.69, 9.17) is 0 Å². The zero-order valence-corrected chi connectivity index (χ0v) is 29.5. The first kappa shape index (κ1) is 35.0. The lowest BCUT2D eigenvalue weighted by Gasteiger charge is -2.17. The SMILES string of the molecule is Cc1ccc(Cc2cc(C)cc(Cc3c(C)ccc(Cc4cc(O)cc(Cc5c(C)ccc(Cc6ccccc6O)c5O)c4)c3O)c2O)c(O)c1. The van der Waals surface area contributed by atoms with Crippen LogP contribution in [0.5, 0.6) is 34.5 Å². The van der Waals surface area contributed by atoms with Crippen molar-refractivity contribution in [1.82, 2.24) is 0 Å². The standard InChI is InChI=1S/C45H44O6/c1-26-9-12-33(42(48)17-26)24-36-15-27(2)16-37(43(36)49)25-40-29(4)10-13-34(44(40)50)19-30-18-31(21-38(46)20-30)22-39-28(3)11-14-35(45(39)51)23-32-7-5-6-8-41(32)47/h5-18,20-21,46-51H,19,22-25H2,1-4H3. The number of benzene rings is 6. The summed E-state index contributed by atoms with van der Waals surface area (Å²) in [4.78, 5) is 0. The van der Waals surface area contributed by atoms with Crippen molar-refractivity contribution in [2.45, 2.75) is 59.8 Å². The molecule has 0 bridgehead atoms. The highest BCUT2D eigenvalue weighted by molar-refractivity contribution is 5.55. The van der Waals surface area contributed by atoms with Crippen LogP contribution in [0.25, 0.3) is 0 Å². The lowest BCUT2D eigenvalue weighted by atomic mass is 9.90. The van der Waals surface area contributed by atoms with Crippen LogP contribution in [0, 0.1) is 27.7 Å². The summed E-state index contributed by atoms with van der Waals surface area (Å²) in [6.07, 6.45) is 1.80. The van der Waals surface area contributed by atoms with Gasteiger partial charge in [-0.25, -0.2) is 0 Å². The van der Waals surface area contributed by atoms with E-state index in [0.717, 1.165) is 50.1 Å². The smallest absolute Gasteiger partial charge is 0.122 e. The fraction of sp³-hybridized carbons (Fsp3) is 0.200. The molecule has 6 aromatic carbocycles. The molecular formula is C45H44O6. The van der Waals surface area contributed by atoms with Crippen molar-refractivity contribution >= 4 is 0 Å². The van der Waals surface area contributed by atoms with Gasteiger partial charge in [-0.2, -0.15) is 0 Å². The van der Waals surface area contributed by atoms with Gasteiger partial charge in [0.25, 0.3) is 0 Å². The number of rotatable bonds is 10. The summed E-state index contributed by atoms with van der Waals surface area (Å²) in [5.41, 5.74) is 11.0. The van der Waals surface area contributed by atoms with E-state index in [0.29, 0.717) is 59.9 Å². The summed E-state index contributed by atoms with van der Waals surface area (Å²) in [5, 5.41) is 65.8. The van der Waals surface area contributed by atoms with Crippen molar-refractivity contribution in [3.63, 3.8) is 0 Å². The Bertz CT molecular complexity index is 2250. The third-order valence-corrected chi connectivity index (χ3v) is 9.79. The zero-order valence-electron chi connectivity index (χ0n) is 29.5. The molecule has 0 aliphatic carbocycles. The Kier molecular flexibility index (Phi) is 9.97. The average molecular weight is 681 g/mol. The maximum absolute atomic E-state index is 11.6. The lowest BCUT2D eigenvalue weighted by molar-refractivity contribution is 0.454. The van der Waals surface area contributed by atoms with Gasteiger partial charge in [-0.05, 0) is 113 Å². The second kappa shape index (κ2) is 14.5. The van der Waals surface area contributed by atoms with Gasteiger partial charge in [0.1, 0.15) is 34.5 Å². The summed E-state index contributed by atoms with van der Waals surface area (Å²) < 4.78 is 0. The van der Waals surface area contributed by atoms with Crippen LogP contribution in [0.3, 0.4) is 0 Å². The van der Waals surface area contributed by atoms with E-state index in [9.17, 15) is 30.6 Å². The fourth-order valence-electron chi connectivity index (χ4n) is 6.96. The highest BCUT2D eigenvalue weighted by Crippen LogP contribution is 2.37. The summed E-state index contributed by atoms with van der Waals surface area (Å²) in [7, 11) is 0. The lowest BCUT2D eigenvalue weighted by Crippen LogP contribution is -2.01. The predicted octanol–water partition coefficient (Wildman–Crippen LogP) is 9.11. The normalized spacial score (nSPS) is 11.2. The molecule has 6 nitrogen and oxygen atoms in total. The third kappa shape index (κ3) is 7.81. The fourth-order valence-corrected chi connectivity index (χ4v) is 6.96. The van der Waals surface area contributed by atoms with Gasteiger partial charge < -0.3 is 30.6 Å². The van der Waals surface area contributed by atoms with Crippen LogP contribution in [0.1, 0.15) is 77.9 Å².